The van der Waals surface area contributed by atoms with Gasteiger partial charge in [-0.3, -0.25) is 0 Å². The van der Waals surface area contributed by atoms with Crippen molar-refractivity contribution in [2.24, 2.45) is 0 Å². The molecule has 3 heterocycles. The van der Waals surface area contributed by atoms with E-state index in [9.17, 15) is 0 Å². The minimum Gasteiger partial charge on any atom is -0.372 e. The Morgan fingerprint density at radius 2 is 2.40 bits per heavy atom. The molecule has 2 aliphatic rings. The second-order valence-electron chi connectivity index (χ2n) is 4.26. The molecular weight excluding hydrogens is 208 g/mol. The topological polar surface area (TPSA) is 34.2 Å². The lowest BCUT2D eigenvalue weighted by atomic mass is 10.2. The predicted octanol–water partition coefficient (Wildman–Crippen LogP) is 2.42. The van der Waals surface area contributed by atoms with E-state index in [-0.39, 0.29) is 6.10 Å². The van der Waals surface area contributed by atoms with Crippen LogP contribution < -0.4 is 5.32 Å². The summed E-state index contributed by atoms with van der Waals surface area (Å²) in [5, 5.41) is 6.90. The summed E-state index contributed by atoms with van der Waals surface area (Å²) in [6.45, 7) is 2.04. The van der Waals surface area contributed by atoms with Crippen molar-refractivity contribution >= 4 is 11.3 Å². The van der Waals surface area contributed by atoms with Crippen LogP contribution in [0.2, 0.25) is 0 Å². The van der Waals surface area contributed by atoms with Gasteiger partial charge >= 0.3 is 0 Å². The fourth-order valence-electron chi connectivity index (χ4n) is 2.31. The fourth-order valence-corrected chi connectivity index (χ4v) is 3.28. The molecule has 3 rings (SSSR count). The molecule has 1 N–H and O–H groups in total. The molecule has 1 aromatic heterocycles. The fraction of sp³-hybridized carbons (Fsp3) is 0.727. The maximum absolute atomic E-state index is 5.64. The van der Waals surface area contributed by atoms with Crippen molar-refractivity contribution in [2.45, 2.75) is 37.8 Å². The molecule has 0 radical (unpaired) electrons. The van der Waals surface area contributed by atoms with Crippen LogP contribution in [0.4, 0.5) is 0 Å². The summed E-state index contributed by atoms with van der Waals surface area (Å²) in [7, 11) is 0. The van der Waals surface area contributed by atoms with Crippen LogP contribution in [0.15, 0.2) is 5.38 Å². The first kappa shape index (κ1) is 9.75. The maximum atomic E-state index is 5.64. The van der Waals surface area contributed by atoms with E-state index in [0.29, 0.717) is 6.04 Å². The van der Waals surface area contributed by atoms with Gasteiger partial charge < -0.3 is 10.1 Å². The molecular formula is C11H16N2OS. The Hall–Kier alpha value is -0.450. The van der Waals surface area contributed by atoms with Crippen LogP contribution in [0.1, 0.15) is 48.5 Å². The SMILES string of the molecule is c1sc(C2CCCN2)nc1C1CCCO1. The molecule has 4 heteroatoms. The summed E-state index contributed by atoms with van der Waals surface area (Å²) >= 11 is 1.78. The van der Waals surface area contributed by atoms with Crippen molar-refractivity contribution in [1.82, 2.24) is 10.3 Å². The van der Waals surface area contributed by atoms with E-state index >= 15 is 0 Å². The molecule has 82 valence electrons. The molecule has 1 aromatic rings. The number of ether oxygens (including phenoxy) is 1. The van der Waals surface area contributed by atoms with Gasteiger partial charge in [-0.05, 0) is 32.2 Å². The number of hydrogen-bond donors (Lipinski definition) is 1. The van der Waals surface area contributed by atoms with E-state index in [1.807, 2.05) is 0 Å². The van der Waals surface area contributed by atoms with Gasteiger partial charge in [-0.1, -0.05) is 0 Å². The highest BCUT2D eigenvalue weighted by Gasteiger charge is 2.24. The Bertz CT molecular complexity index is 297. The Kier molecular flexibility index (Phi) is 2.73. The molecule has 0 aromatic carbocycles. The van der Waals surface area contributed by atoms with Gasteiger partial charge in [0.15, 0.2) is 0 Å². The highest BCUT2D eigenvalue weighted by atomic mass is 32.1. The first-order valence-electron chi connectivity index (χ1n) is 5.74. The van der Waals surface area contributed by atoms with E-state index in [1.54, 1.807) is 11.3 Å². The molecule has 0 amide bonds. The van der Waals surface area contributed by atoms with Crippen LogP contribution in [-0.2, 0) is 4.74 Å². The largest absolute Gasteiger partial charge is 0.372 e. The van der Waals surface area contributed by atoms with Gasteiger partial charge in [0.05, 0.1) is 11.7 Å². The lowest BCUT2D eigenvalue weighted by molar-refractivity contribution is 0.109. The number of nitrogens with one attached hydrogen (secondary N) is 1. The molecule has 3 nitrogen and oxygen atoms in total. The number of nitrogens with zero attached hydrogens (tertiary/aromatic N) is 1. The monoisotopic (exact) mass is 224 g/mol. The van der Waals surface area contributed by atoms with Gasteiger partial charge in [0.25, 0.3) is 0 Å². The third-order valence-corrected chi connectivity index (χ3v) is 4.13. The summed E-state index contributed by atoms with van der Waals surface area (Å²) in [5.41, 5.74) is 1.15. The van der Waals surface area contributed by atoms with E-state index in [0.717, 1.165) is 25.3 Å². The third-order valence-electron chi connectivity index (χ3n) is 3.16. The number of hydrogen-bond acceptors (Lipinski definition) is 4. The van der Waals surface area contributed by atoms with Crippen LogP contribution >= 0.6 is 11.3 Å². The average Bonchev–Trinajstić information content (AvgIpc) is 3.02. The van der Waals surface area contributed by atoms with Crippen LogP contribution in [0, 0.1) is 0 Å². The Labute approximate surface area is 93.9 Å². The minimum atomic E-state index is 0.274. The maximum Gasteiger partial charge on any atom is 0.110 e. The van der Waals surface area contributed by atoms with Crippen LogP contribution in [0.3, 0.4) is 0 Å². The molecule has 15 heavy (non-hydrogen) atoms. The first-order chi connectivity index (χ1) is 7.43. The zero-order valence-corrected chi connectivity index (χ0v) is 9.55. The van der Waals surface area contributed by atoms with Gasteiger partial charge in [-0.15, -0.1) is 11.3 Å². The summed E-state index contributed by atoms with van der Waals surface area (Å²) in [6.07, 6.45) is 5.11. The Morgan fingerprint density at radius 3 is 3.13 bits per heavy atom. The van der Waals surface area contributed by atoms with Crippen LogP contribution in [0.25, 0.3) is 0 Å². The second kappa shape index (κ2) is 4.20. The van der Waals surface area contributed by atoms with Crippen molar-refractivity contribution in [3.8, 4) is 0 Å². The molecule has 2 aliphatic heterocycles. The van der Waals surface area contributed by atoms with E-state index in [1.165, 1.54) is 24.3 Å². The van der Waals surface area contributed by atoms with Crippen molar-refractivity contribution in [2.75, 3.05) is 13.2 Å². The first-order valence-corrected chi connectivity index (χ1v) is 6.62. The van der Waals surface area contributed by atoms with Gasteiger partial charge in [0, 0.05) is 12.0 Å². The van der Waals surface area contributed by atoms with Gasteiger partial charge in [-0.2, -0.15) is 0 Å². The molecule has 0 bridgehead atoms. The molecule has 0 spiro atoms. The molecule has 2 atom stereocenters. The standard InChI is InChI=1S/C11H16N2OS/c1-3-8(12-5-1)11-13-9(7-15-11)10-4-2-6-14-10/h7-8,10,12H,1-6H2. The number of thiazole rings is 1. The van der Waals surface area contributed by atoms with Crippen molar-refractivity contribution < 1.29 is 4.74 Å². The van der Waals surface area contributed by atoms with Crippen molar-refractivity contribution in [3.63, 3.8) is 0 Å². The Balaban J connectivity index is 1.74. The Morgan fingerprint density at radius 1 is 1.40 bits per heavy atom. The zero-order chi connectivity index (χ0) is 10.1. The lowest BCUT2D eigenvalue weighted by Crippen LogP contribution is -2.12. The summed E-state index contributed by atoms with van der Waals surface area (Å²) in [5.74, 6) is 0. The van der Waals surface area contributed by atoms with Crippen LogP contribution in [-0.4, -0.2) is 18.1 Å². The zero-order valence-electron chi connectivity index (χ0n) is 8.74. The van der Waals surface area contributed by atoms with Crippen molar-refractivity contribution in [3.05, 3.63) is 16.1 Å². The second-order valence-corrected chi connectivity index (χ2v) is 5.15. The molecule has 2 saturated heterocycles. The van der Waals surface area contributed by atoms with E-state index < -0.39 is 0 Å². The van der Waals surface area contributed by atoms with E-state index in [2.05, 4.69) is 10.7 Å². The number of rotatable bonds is 2. The van der Waals surface area contributed by atoms with Gasteiger partial charge in [0.1, 0.15) is 11.1 Å². The average molecular weight is 224 g/mol. The predicted molar refractivity (Wildman–Crippen MR) is 60.0 cm³/mol. The molecule has 2 unspecified atom stereocenters. The molecule has 0 aliphatic carbocycles. The summed E-state index contributed by atoms with van der Waals surface area (Å²) in [6, 6.07) is 0.505. The summed E-state index contributed by atoms with van der Waals surface area (Å²) < 4.78 is 5.64. The van der Waals surface area contributed by atoms with Crippen LogP contribution in [0.5, 0.6) is 0 Å². The smallest absolute Gasteiger partial charge is 0.110 e. The minimum absolute atomic E-state index is 0.274. The highest BCUT2D eigenvalue weighted by molar-refractivity contribution is 7.09. The van der Waals surface area contributed by atoms with E-state index in [4.69, 9.17) is 9.72 Å². The molecule has 0 saturated carbocycles. The van der Waals surface area contributed by atoms with Gasteiger partial charge in [0.2, 0.25) is 0 Å². The normalized spacial score (nSPS) is 31.2. The number of aromatic nitrogens is 1. The highest BCUT2D eigenvalue weighted by Crippen LogP contribution is 2.32. The summed E-state index contributed by atoms with van der Waals surface area (Å²) in [4.78, 5) is 4.71. The van der Waals surface area contributed by atoms with Gasteiger partial charge in [-0.25, -0.2) is 4.98 Å². The third kappa shape index (κ3) is 1.94. The lowest BCUT2D eigenvalue weighted by Gasteiger charge is -2.06. The quantitative estimate of drug-likeness (QED) is 0.837. The molecule has 2 fully saturated rings. The van der Waals surface area contributed by atoms with Crippen molar-refractivity contribution in [1.29, 1.82) is 0 Å².